The van der Waals surface area contributed by atoms with Gasteiger partial charge in [-0.3, -0.25) is 10.1 Å². The van der Waals surface area contributed by atoms with Crippen molar-refractivity contribution in [2.24, 2.45) is 0 Å². The number of nitro groups is 1. The maximum Gasteiger partial charge on any atom is 0.300 e. The summed E-state index contributed by atoms with van der Waals surface area (Å²) >= 11 is 6.23. The Balaban J connectivity index is 3.29. The lowest BCUT2D eigenvalue weighted by atomic mass is 10.6. The Morgan fingerprint density at radius 1 is 1.64 bits per heavy atom. The van der Waals surface area contributed by atoms with Gasteiger partial charge in [0.15, 0.2) is 14.2 Å². The number of hydrogen-bond donors (Lipinski definition) is 0. The normalized spacial score (nSPS) is 11.6. The highest BCUT2D eigenvalue weighted by atomic mass is 35.5. The first-order valence-electron chi connectivity index (χ1n) is 3.55. The van der Waals surface area contributed by atoms with Crippen molar-refractivity contribution in [3.8, 4) is 0 Å². The molecule has 0 spiro atoms. The molecule has 0 bridgehead atoms. The number of sulfone groups is 1. The van der Waals surface area contributed by atoms with Gasteiger partial charge in [0.2, 0.25) is 0 Å². The van der Waals surface area contributed by atoms with Crippen LogP contribution in [0.5, 0.6) is 0 Å². The minimum absolute atomic E-state index is 0.0586. The third-order valence-corrected chi connectivity index (χ3v) is 5.16. The summed E-state index contributed by atoms with van der Waals surface area (Å²) in [5, 5.41) is 10.4. The monoisotopic (exact) mass is 255 g/mol. The Bertz CT molecular complexity index is 464. The maximum atomic E-state index is 11.3. The smallest absolute Gasteiger partial charge is 0.258 e. The highest BCUT2D eigenvalue weighted by Gasteiger charge is 2.23. The molecule has 0 aliphatic carbocycles. The van der Waals surface area contributed by atoms with Crippen LogP contribution in [0.25, 0.3) is 0 Å². The Morgan fingerprint density at radius 3 is 2.57 bits per heavy atom. The summed E-state index contributed by atoms with van der Waals surface area (Å²) in [5.41, 5.74) is -0.358. The first-order chi connectivity index (χ1) is 6.38. The fourth-order valence-electron chi connectivity index (χ4n) is 0.758. The maximum absolute atomic E-state index is 11.3. The molecule has 0 fully saturated rings. The van der Waals surface area contributed by atoms with E-state index in [4.69, 9.17) is 11.6 Å². The molecule has 0 atom stereocenters. The minimum atomic E-state index is -3.40. The second-order valence-electron chi connectivity index (χ2n) is 2.38. The van der Waals surface area contributed by atoms with E-state index in [1.54, 1.807) is 0 Å². The zero-order chi connectivity index (χ0) is 10.9. The molecule has 1 aromatic rings. The predicted octanol–water partition coefficient (Wildman–Crippen LogP) is 2.10. The SMILES string of the molecule is CCS(=O)(=O)c1cc([N+](=O)[O-])c(Cl)s1. The van der Waals surface area contributed by atoms with Crippen molar-refractivity contribution in [3.63, 3.8) is 0 Å². The van der Waals surface area contributed by atoms with Crippen molar-refractivity contribution < 1.29 is 13.3 Å². The van der Waals surface area contributed by atoms with Crippen molar-refractivity contribution in [2.45, 2.75) is 11.1 Å². The predicted molar refractivity (Wildman–Crippen MR) is 53.7 cm³/mol. The molecular formula is C6H6ClNO4S2. The van der Waals surface area contributed by atoms with Gasteiger partial charge in [0.05, 0.1) is 10.7 Å². The van der Waals surface area contributed by atoms with E-state index in [2.05, 4.69) is 0 Å². The molecule has 0 aromatic carbocycles. The average Bonchev–Trinajstić information content (AvgIpc) is 2.48. The van der Waals surface area contributed by atoms with E-state index in [9.17, 15) is 18.5 Å². The third kappa shape index (κ3) is 2.05. The first kappa shape index (κ1) is 11.4. The van der Waals surface area contributed by atoms with Gasteiger partial charge in [0.1, 0.15) is 4.21 Å². The van der Waals surface area contributed by atoms with Gasteiger partial charge in [-0.15, -0.1) is 11.3 Å². The van der Waals surface area contributed by atoms with E-state index in [0.29, 0.717) is 11.3 Å². The molecule has 0 N–H and O–H groups in total. The lowest BCUT2D eigenvalue weighted by molar-refractivity contribution is -0.384. The molecule has 0 saturated heterocycles. The van der Waals surface area contributed by atoms with Crippen LogP contribution in [0.1, 0.15) is 6.92 Å². The summed E-state index contributed by atoms with van der Waals surface area (Å²) in [7, 11) is -3.40. The summed E-state index contributed by atoms with van der Waals surface area (Å²) in [6, 6.07) is 0.992. The molecule has 8 heteroatoms. The zero-order valence-corrected chi connectivity index (χ0v) is 9.45. The summed E-state index contributed by atoms with van der Waals surface area (Å²) in [6.07, 6.45) is 0. The van der Waals surface area contributed by atoms with Crippen LogP contribution >= 0.6 is 22.9 Å². The molecule has 0 amide bonds. The number of thiophene rings is 1. The van der Waals surface area contributed by atoms with Gasteiger partial charge >= 0.3 is 0 Å². The van der Waals surface area contributed by atoms with Crippen LogP contribution in [0.4, 0.5) is 5.69 Å². The van der Waals surface area contributed by atoms with E-state index in [-0.39, 0.29) is 20.0 Å². The van der Waals surface area contributed by atoms with Gasteiger partial charge in [-0.2, -0.15) is 0 Å². The van der Waals surface area contributed by atoms with Crippen LogP contribution in [-0.4, -0.2) is 19.1 Å². The molecule has 1 heterocycles. The van der Waals surface area contributed by atoms with Crippen molar-refractivity contribution in [1.82, 2.24) is 0 Å². The Hall–Kier alpha value is -0.660. The molecule has 14 heavy (non-hydrogen) atoms. The molecule has 0 unspecified atom stereocenters. The molecule has 0 aliphatic rings. The van der Waals surface area contributed by atoms with Crippen molar-refractivity contribution >= 4 is 38.5 Å². The molecule has 1 rings (SSSR count). The highest BCUT2D eigenvalue weighted by Crippen LogP contribution is 2.36. The molecule has 1 aromatic heterocycles. The average molecular weight is 256 g/mol. The fraction of sp³-hybridized carbons (Fsp3) is 0.333. The fourth-order valence-corrected chi connectivity index (χ4v) is 3.54. The third-order valence-electron chi connectivity index (χ3n) is 1.53. The summed E-state index contributed by atoms with van der Waals surface area (Å²) in [5.74, 6) is -0.0962. The van der Waals surface area contributed by atoms with Crippen molar-refractivity contribution in [1.29, 1.82) is 0 Å². The number of nitrogens with zero attached hydrogens (tertiary/aromatic N) is 1. The molecular weight excluding hydrogens is 250 g/mol. The van der Waals surface area contributed by atoms with Crippen LogP contribution in [0.15, 0.2) is 10.3 Å². The molecule has 0 saturated carbocycles. The lowest BCUT2D eigenvalue weighted by Gasteiger charge is -1.92. The highest BCUT2D eigenvalue weighted by molar-refractivity contribution is 7.93. The second-order valence-corrected chi connectivity index (χ2v) is 6.54. The molecule has 78 valence electrons. The van der Waals surface area contributed by atoms with Crippen molar-refractivity contribution in [2.75, 3.05) is 5.75 Å². The van der Waals surface area contributed by atoms with Gasteiger partial charge in [0, 0.05) is 6.07 Å². The van der Waals surface area contributed by atoms with Crippen LogP contribution in [0, 0.1) is 10.1 Å². The van der Waals surface area contributed by atoms with Gasteiger partial charge in [-0.1, -0.05) is 18.5 Å². The minimum Gasteiger partial charge on any atom is -0.258 e. The summed E-state index contributed by atoms with van der Waals surface area (Å²) < 4.78 is 22.5. The molecule has 0 aliphatic heterocycles. The molecule has 5 nitrogen and oxygen atoms in total. The largest absolute Gasteiger partial charge is 0.300 e. The number of halogens is 1. The van der Waals surface area contributed by atoms with Crippen LogP contribution in [0.2, 0.25) is 4.34 Å². The Morgan fingerprint density at radius 2 is 2.21 bits per heavy atom. The summed E-state index contributed by atoms with van der Waals surface area (Å²) in [4.78, 5) is 9.68. The van der Waals surface area contributed by atoms with Crippen molar-refractivity contribution in [3.05, 3.63) is 20.5 Å². The first-order valence-corrected chi connectivity index (χ1v) is 6.39. The Labute approximate surface area is 89.4 Å². The van der Waals surface area contributed by atoms with Crippen LogP contribution in [0.3, 0.4) is 0 Å². The van der Waals surface area contributed by atoms with E-state index in [0.717, 1.165) is 6.07 Å². The van der Waals surface area contributed by atoms with Gasteiger partial charge in [-0.25, -0.2) is 8.42 Å². The number of hydrogen-bond acceptors (Lipinski definition) is 5. The lowest BCUT2D eigenvalue weighted by Crippen LogP contribution is -2.00. The van der Waals surface area contributed by atoms with Gasteiger partial charge in [-0.05, 0) is 0 Å². The van der Waals surface area contributed by atoms with E-state index in [1.807, 2.05) is 0 Å². The van der Waals surface area contributed by atoms with Crippen LogP contribution in [-0.2, 0) is 9.84 Å². The van der Waals surface area contributed by atoms with Gasteiger partial charge < -0.3 is 0 Å². The quantitative estimate of drug-likeness (QED) is 0.612. The van der Waals surface area contributed by atoms with Gasteiger partial charge in [0.25, 0.3) is 5.69 Å². The number of rotatable bonds is 3. The molecule has 0 radical (unpaired) electrons. The second kappa shape index (κ2) is 3.84. The Kier molecular flexibility index (Phi) is 3.13. The van der Waals surface area contributed by atoms with E-state index >= 15 is 0 Å². The van der Waals surface area contributed by atoms with E-state index < -0.39 is 14.8 Å². The standard InChI is InChI=1S/C6H6ClNO4S2/c1-2-14(11,12)5-3-4(8(9)10)6(7)13-5/h3H,2H2,1H3. The van der Waals surface area contributed by atoms with E-state index in [1.165, 1.54) is 6.92 Å². The topological polar surface area (TPSA) is 77.3 Å². The van der Waals surface area contributed by atoms with Crippen LogP contribution < -0.4 is 0 Å². The zero-order valence-electron chi connectivity index (χ0n) is 7.06. The summed E-state index contributed by atoms with van der Waals surface area (Å²) in [6.45, 7) is 1.47.